The summed E-state index contributed by atoms with van der Waals surface area (Å²) in [5.74, 6) is 0. The lowest BCUT2D eigenvalue weighted by atomic mass is 10.2. The number of hydrogen-bond acceptors (Lipinski definition) is 1. The maximum absolute atomic E-state index is 3.10. The van der Waals surface area contributed by atoms with Crippen molar-refractivity contribution < 1.29 is 0 Å². The van der Waals surface area contributed by atoms with Crippen LogP contribution in [0.15, 0.2) is 35.7 Å². The van der Waals surface area contributed by atoms with Gasteiger partial charge in [0.05, 0.1) is 0 Å². The summed E-state index contributed by atoms with van der Waals surface area (Å²) in [5, 5.41) is 3.10. The molecule has 1 aliphatic heterocycles. The fraction of sp³-hybridized carbons (Fsp3) is 0.250. The standard InChI is InChI=1S/C8H11N/c1-3-8-6-7(2)4-5-9-8/h3-6,9H,1-2H3/b8-3-. The monoisotopic (exact) mass is 121 g/mol. The van der Waals surface area contributed by atoms with Crippen molar-refractivity contribution >= 4 is 0 Å². The topological polar surface area (TPSA) is 12.0 Å². The van der Waals surface area contributed by atoms with Gasteiger partial charge in [-0.1, -0.05) is 6.08 Å². The average Bonchev–Trinajstić information content (AvgIpc) is 1.88. The summed E-state index contributed by atoms with van der Waals surface area (Å²) in [7, 11) is 0. The predicted molar refractivity (Wildman–Crippen MR) is 39.8 cm³/mol. The smallest absolute Gasteiger partial charge is 0.0339 e. The van der Waals surface area contributed by atoms with Crippen LogP contribution in [0.3, 0.4) is 0 Å². The number of dihydropyridines is 1. The second kappa shape index (κ2) is 2.53. The van der Waals surface area contributed by atoms with Gasteiger partial charge in [-0.3, -0.25) is 0 Å². The number of nitrogens with one attached hydrogen (secondary N) is 1. The third-order valence-corrected chi connectivity index (χ3v) is 1.29. The normalized spacial score (nSPS) is 21.6. The molecule has 0 aliphatic carbocycles. The van der Waals surface area contributed by atoms with Gasteiger partial charge in [0, 0.05) is 11.9 Å². The van der Waals surface area contributed by atoms with Gasteiger partial charge in [0.2, 0.25) is 0 Å². The minimum atomic E-state index is 1.18. The van der Waals surface area contributed by atoms with E-state index in [-0.39, 0.29) is 0 Å². The average molecular weight is 121 g/mol. The van der Waals surface area contributed by atoms with Crippen molar-refractivity contribution in [1.29, 1.82) is 0 Å². The molecule has 0 aromatic rings. The Kier molecular flexibility index (Phi) is 1.73. The molecule has 9 heavy (non-hydrogen) atoms. The van der Waals surface area contributed by atoms with Crippen LogP contribution in [-0.2, 0) is 0 Å². The first-order chi connectivity index (χ1) is 4.33. The molecule has 0 saturated carbocycles. The van der Waals surface area contributed by atoms with Crippen molar-refractivity contribution in [3.05, 3.63) is 35.7 Å². The van der Waals surface area contributed by atoms with Crippen LogP contribution in [-0.4, -0.2) is 0 Å². The fourth-order valence-corrected chi connectivity index (χ4v) is 0.771. The van der Waals surface area contributed by atoms with E-state index in [0.29, 0.717) is 0 Å². The Labute approximate surface area is 55.8 Å². The molecule has 1 aliphatic rings. The van der Waals surface area contributed by atoms with E-state index in [2.05, 4.69) is 18.3 Å². The lowest BCUT2D eigenvalue weighted by molar-refractivity contribution is 1.07. The molecule has 1 nitrogen and oxygen atoms in total. The van der Waals surface area contributed by atoms with E-state index in [1.54, 1.807) is 0 Å². The molecule has 1 N–H and O–H groups in total. The van der Waals surface area contributed by atoms with E-state index in [0.717, 1.165) is 0 Å². The lowest BCUT2D eigenvalue weighted by Gasteiger charge is -2.06. The number of rotatable bonds is 0. The Morgan fingerprint density at radius 3 is 2.78 bits per heavy atom. The Morgan fingerprint density at radius 1 is 1.56 bits per heavy atom. The van der Waals surface area contributed by atoms with Crippen LogP contribution in [0.1, 0.15) is 13.8 Å². The van der Waals surface area contributed by atoms with Crippen LogP contribution < -0.4 is 5.32 Å². The molecule has 0 aromatic carbocycles. The van der Waals surface area contributed by atoms with Gasteiger partial charge < -0.3 is 5.32 Å². The molecule has 0 fully saturated rings. The number of hydrogen-bond donors (Lipinski definition) is 1. The summed E-state index contributed by atoms with van der Waals surface area (Å²) in [5.41, 5.74) is 2.47. The maximum Gasteiger partial charge on any atom is 0.0339 e. The highest BCUT2D eigenvalue weighted by molar-refractivity contribution is 5.32. The van der Waals surface area contributed by atoms with E-state index in [9.17, 15) is 0 Å². The van der Waals surface area contributed by atoms with E-state index in [1.165, 1.54) is 11.3 Å². The first-order valence-electron chi connectivity index (χ1n) is 3.10. The van der Waals surface area contributed by atoms with Gasteiger partial charge >= 0.3 is 0 Å². The Morgan fingerprint density at radius 2 is 2.33 bits per heavy atom. The van der Waals surface area contributed by atoms with Crippen molar-refractivity contribution in [1.82, 2.24) is 5.32 Å². The highest BCUT2D eigenvalue weighted by atomic mass is 14.8. The van der Waals surface area contributed by atoms with Gasteiger partial charge in [-0.25, -0.2) is 0 Å². The minimum absolute atomic E-state index is 1.18. The zero-order valence-electron chi connectivity index (χ0n) is 5.81. The molecule has 0 bridgehead atoms. The minimum Gasteiger partial charge on any atom is -0.362 e. The lowest BCUT2D eigenvalue weighted by Crippen LogP contribution is -2.05. The number of allylic oxidation sites excluding steroid dienone is 4. The summed E-state index contributed by atoms with van der Waals surface area (Å²) in [6.07, 6.45) is 8.16. The molecule has 0 aromatic heterocycles. The van der Waals surface area contributed by atoms with Gasteiger partial charge in [0.15, 0.2) is 0 Å². The van der Waals surface area contributed by atoms with E-state index in [1.807, 2.05) is 25.3 Å². The summed E-state index contributed by atoms with van der Waals surface area (Å²) in [6, 6.07) is 0. The van der Waals surface area contributed by atoms with Crippen molar-refractivity contribution in [2.24, 2.45) is 0 Å². The molecule has 0 radical (unpaired) electrons. The molecular formula is C8H11N. The molecule has 1 rings (SSSR count). The zero-order chi connectivity index (χ0) is 6.69. The molecule has 1 heteroatoms. The van der Waals surface area contributed by atoms with Crippen LogP contribution in [0.25, 0.3) is 0 Å². The van der Waals surface area contributed by atoms with Crippen molar-refractivity contribution in [3.8, 4) is 0 Å². The molecule has 1 heterocycles. The second-order valence-electron chi connectivity index (χ2n) is 2.11. The van der Waals surface area contributed by atoms with E-state index in [4.69, 9.17) is 0 Å². The Bertz CT molecular complexity index is 185. The molecule has 0 amide bonds. The van der Waals surface area contributed by atoms with Crippen LogP contribution in [0.2, 0.25) is 0 Å². The molecule has 0 saturated heterocycles. The summed E-state index contributed by atoms with van der Waals surface area (Å²) in [4.78, 5) is 0. The van der Waals surface area contributed by atoms with Crippen LogP contribution in [0, 0.1) is 0 Å². The van der Waals surface area contributed by atoms with E-state index >= 15 is 0 Å². The highest BCUT2D eigenvalue weighted by Gasteiger charge is 1.92. The summed E-state index contributed by atoms with van der Waals surface area (Å²) < 4.78 is 0. The summed E-state index contributed by atoms with van der Waals surface area (Å²) >= 11 is 0. The summed E-state index contributed by atoms with van der Waals surface area (Å²) in [6.45, 7) is 4.10. The van der Waals surface area contributed by atoms with Gasteiger partial charge in [0.1, 0.15) is 0 Å². The first kappa shape index (κ1) is 6.14. The Balaban J connectivity index is 2.78. The van der Waals surface area contributed by atoms with Gasteiger partial charge in [0.25, 0.3) is 0 Å². The van der Waals surface area contributed by atoms with Crippen molar-refractivity contribution in [3.63, 3.8) is 0 Å². The van der Waals surface area contributed by atoms with Crippen molar-refractivity contribution in [2.45, 2.75) is 13.8 Å². The largest absolute Gasteiger partial charge is 0.362 e. The van der Waals surface area contributed by atoms with Crippen LogP contribution >= 0.6 is 0 Å². The zero-order valence-corrected chi connectivity index (χ0v) is 5.81. The molecular weight excluding hydrogens is 110 g/mol. The third-order valence-electron chi connectivity index (χ3n) is 1.29. The first-order valence-corrected chi connectivity index (χ1v) is 3.10. The molecule has 0 unspecified atom stereocenters. The van der Waals surface area contributed by atoms with Crippen LogP contribution in [0.4, 0.5) is 0 Å². The quantitative estimate of drug-likeness (QED) is 0.516. The second-order valence-corrected chi connectivity index (χ2v) is 2.11. The fourth-order valence-electron chi connectivity index (χ4n) is 0.771. The van der Waals surface area contributed by atoms with Gasteiger partial charge in [-0.15, -0.1) is 0 Å². The third kappa shape index (κ3) is 1.46. The Hall–Kier alpha value is -0.980. The predicted octanol–water partition coefficient (Wildman–Crippen LogP) is 1.95. The SMILES string of the molecule is C/C=C1/C=C(C)C=CN1. The van der Waals surface area contributed by atoms with E-state index < -0.39 is 0 Å². The van der Waals surface area contributed by atoms with Gasteiger partial charge in [-0.2, -0.15) is 0 Å². The molecule has 48 valence electrons. The van der Waals surface area contributed by atoms with Crippen molar-refractivity contribution in [2.75, 3.05) is 0 Å². The van der Waals surface area contributed by atoms with Gasteiger partial charge in [-0.05, 0) is 31.6 Å². The van der Waals surface area contributed by atoms with Crippen LogP contribution in [0.5, 0.6) is 0 Å². The highest BCUT2D eigenvalue weighted by Crippen LogP contribution is 2.05. The molecule has 0 spiro atoms. The maximum atomic E-state index is 3.10. The molecule has 0 atom stereocenters.